The molecule has 3 aromatic carbocycles. The zero-order chi connectivity index (χ0) is 21.5. The van der Waals surface area contributed by atoms with Crippen LogP contribution in [0.2, 0.25) is 10.0 Å². The van der Waals surface area contributed by atoms with Crippen LogP contribution in [0.1, 0.15) is 26.3 Å². The van der Waals surface area contributed by atoms with Crippen molar-refractivity contribution in [2.24, 2.45) is 5.10 Å². The van der Waals surface area contributed by atoms with Crippen molar-refractivity contribution in [3.8, 4) is 0 Å². The Balaban J connectivity index is 1.70. The van der Waals surface area contributed by atoms with E-state index in [0.29, 0.717) is 16.3 Å². The van der Waals surface area contributed by atoms with E-state index in [0.717, 1.165) is 10.5 Å². The molecule has 0 aliphatic carbocycles. The molecule has 0 atom stereocenters. The van der Waals surface area contributed by atoms with E-state index in [9.17, 15) is 9.59 Å². The van der Waals surface area contributed by atoms with Crippen LogP contribution in [0.15, 0.2) is 76.7 Å². The normalized spacial score (nSPS) is 10.8. The number of hydrogen-bond donors (Lipinski definition) is 2. The minimum atomic E-state index is -0.447. The predicted molar refractivity (Wildman–Crippen MR) is 124 cm³/mol. The van der Waals surface area contributed by atoms with E-state index in [2.05, 4.69) is 15.8 Å². The standard InChI is InChI=1S/C22H17Cl2N3O2S/c1-30-16-9-6-14(7-10-16)13-25-27-22(29)17-4-2-3-5-20(17)26-21(28)15-8-11-18(23)19(24)12-15/h2-13H,1H3,(H,26,28)(H,27,29). The molecular formula is C22H17Cl2N3O2S. The summed E-state index contributed by atoms with van der Waals surface area (Å²) in [6.07, 6.45) is 3.56. The van der Waals surface area contributed by atoms with Gasteiger partial charge < -0.3 is 5.32 Å². The van der Waals surface area contributed by atoms with Gasteiger partial charge in [0.15, 0.2) is 0 Å². The molecule has 30 heavy (non-hydrogen) atoms. The summed E-state index contributed by atoms with van der Waals surface area (Å²) in [6, 6.07) is 19.0. The maximum atomic E-state index is 12.6. The molecule has 2 amide bonds. The molecule has 152 valence electrons. The molecule has 0 aromatic heterocycles. The number of rotatable bonds is 6. The Kier molecular flexibility index (Phi) is 7.52. The number of halogens is 2. The first kappa shape index (κ1) is 21.9. The van der Waals surface area contributed by atoms with Gasteiger partial charge in [0.1, 0.15) is 0 Å². The van der Waals surface area contributed by atoms with Gasteiger partial charge in [-0.05, 0) is 54.3 Å². The van der Waals surface area contributed by atoms with Crippen molar-refractivity contribution < 1.29 is 9.59 Å². The number of benzene rings is 3. The van der Waals surface area contributed by atoms with Crippen molar-refractivity contribution in [3.63, 3.8) is 0 Å². The van der Waals surface area contributed by atoms with Crippen molar-refractivity contribution in [1.82, 2.24) is 5.43 Å². The van der Waals surface area contributed by atoms with E-state index in [1.54, 1.807) is 48.3 Å². The number of anilines is 1. The second-order valence-electron chi connectivity index (χ2n) is 6.10. The van der Waals surface area contributed by atoms with Gasteiger partial charge in [0.2, 0.25) is 0 Å². The number of thioether (sulfide) groups is 1. The Morgan fingerprint density at radius 3 is 2.37 bits per heavy atom. The molecule has 0 spiro atoms. The number of carbonyl (C=O) groups is 2. The molecule has 0 saturated carbocycles. The van der Waals surface area contributed by atoms with Gasteiger partial charge in [-0.1, -0.05) is 47.5 Å². The van der Waals surface area contributed by atoms with Gasteiger partial charge in [-0.15, -0.1) is 11.8 Å². The lowest BCUT2D eigenvalue weighted by Gasteiger charge is -2.10. The summed E-state index contributed by atoms with van der Waals surface area (Å²) in [6.45, 7) is 0. The summed E-state index contributed by atoms with van der Waals surface area (Å²) in [5, 5.41) is 7.35. The molecule has 0 aliphatic heterocycles. The molecule has 3 aromatic rings. The lowest BCUT2D eigenvalue weighted by Crippen LogP contribution is -2.21. The highest BCUT2D eigenvalue weighted by Crippen LogP contribution is 2.23. The van der Waals surface area contributed by atoms with Crippen LogP contribution < -0.4 is 10.7 Å². The van der Waals surface area contributed by atoms with E-state index < -0.39 is 11.8 Å². The zero-order valence-corrected chi connectivity index (χ0v) is 18.2. The first-order chi connectivity index (χ1) is 14.5. The number of carbonyl (C=O) groups excluding carboxylic acids is 2. The molecule has 0 aliphatic rings. The molecule has 0 fully saturated rings. The van der Waals surface area contributed by atoms with Crippen LogP contribution >= 0.6 is 35.0 Å². The molecule has 2 N–H and O–H groups in total. The van der Waals surface area contributed by atoms with E-state index >= 15 is 0 Å². The van der Waals surface area contributed by atoms with E-state index in [1.165, 1.54) is 12.1 Å². The van der Waals surface area contributed by atoms with Gasteiger partial charge in [0.05, 0.1) is 27.5 Å². The SMILES string of the molecule is CSc1ccc(C=NNC(=O)c2ccccc2NC(=O)c2ccc(Cl)c(Cl)c2)cc1. The first-order valence-corrected chi connectivity index (χ1v) is 10.8. The Morgan fingerprint density at radius 2 is 1.67 bits per heavy atom. The maximum absolute atomic E-state index is 12.6. The molecule has 3 rings (SSSR count). The number of nitrogens with one attached hydrogen (secondary N) is 2. The number of hydrazone groups is 1. The second-order valence-corrected chi connectivity index (χ2v) is 7.79. The van der Waals surface area contributed by atoms with Crippen LogP contribution in [-0.2, 0) is 0 Å². The average Bonchev–Trinajstić information content (AvgIpc) is 2.76. The van der Waals surface area contributed by atoms with Crippen LogP contribution in [0, 0.1) is 0 Å². The quantitative estimate of drug-likeness (QED) is 0.282. The van der Waals surface area contributed by atoms with Crippen LogP contribution in [0.5, 0.6) is 0 Å². The first-order valence-electron chi connectivity index (χ1n) is 8.81. The van der Waals surface area contributed by atoms with Crippen molar-refractivity contribution in [2.45, 2.75) is 4.90 Å². The molecule has 0 saturated heterocycles. The smallest absolute Gasteiger partial charge is 0.273 e. The van der Waals surface area contributed by atoms with Crippen LogP contribution in [-0.4, -0.2) is 24.3 Å². The third-order valence-electron chi connectivity index (χ3n) is 4.10. The topological polar surface area (TPSA) is 70.6 Å². The Hall–Kier alpha value is -2.80. The summed E-state index contributed by atoms with van der Waals surface area (Å²) >= 11 is 13.5. The van der Waals surface area contributed by atoms with Gasteiger partial charge in [0, 0.05) is 10.5 Å². The highest BCUT2D eigenvalue weighted by atomic mass is 35.5. The molecule has 0 radical (unpaired) electrons. The van der Waals surface area contributed by atoms with Gasteiger partial charge in [-0.3, -0.25) is 9.59 Å². The third-order valence-corrected chi connectivity index (χ3v) is 5.58. The summed E-state index contributed by atoms with van der Waals surface area (Å²) in [7, 11) is 0. The van der Waals surface area contributed by atoms with Gasteiger partial charge in [-0.25, -0.2) is 5.43 Å². The van der Waals surface area contributed by atoms with Gasteiger partial charge >= 0.3 is 0 Å². The van der Waals surface area contributed by atoms with E-state index in [1.807, 2.05) is 30.5 Å². The fourth-order valence-electron chi connectivity index (χ4n) is 2.54. The predicted octanol–water partition coefficient (Wildman–Crippen LogP) is 5.73. The van der Waals surface area contributed by atoms with Gasteiger partial charge in [-0.2, -0.15) is 5.10 Å². The zero-order valence-electron chi connectivity index (χ0n) is 15.9. The van der Waals surface area contributed by atoms with Crippen molar-refractivity contribution >= 4 is 58.7 Å². The highest BCUT2D eigenvalue weighted by molar-refractivity contribution is 7.98. The molecule has 0 unspecified atom stereocenters. The van der Waals surface area contributed by atoms with Crippen LogP contribution in [0.4, 0.5) is 5.69 Å². The Bertz CT molecular complexity index is 1100. The monoisotopic (exact) mass is 457 g/mol. The number of para-hydroxylation sites is 1. The minimum Gasteiger partial charge on any atom is -0.321 e. The van der Waals surface area contributed by atoms with Gasteiger partial charge in [0.25, 0.3) is 11.8 Å². The minimum absolute atomic E-state index is 0.273. The average molecular weight is 458 g/mol. The number of amides is 2. The molecule has 5 nitrogen and oxygen atoms in total. The summed E-state index contributed by atoms with van der Waals surface area (Å²) < 4.78 is 0. The lowest BCUT2D eigenvalue weighted by molar-refractivity contribution is 0.0956. The Labute approximate surface area is 188 Å². The molecule has 0 bridgehead atoms. The third kappa shape index (κ3) is 5.63. The van der Waals surface area contributed by atoms with Crippen molar-refractivity contribution in [1.29, 1.82) is 0 Å². The van der Waals surface area contributed by atoms with Crippen molar-refractivity contribution in [3.05, 3.63) is 93.5 Å². The molecule has 0 heterocycles. The van der Waals surface area contributed by atoms with Crippen molar-refractivity contribution in [2.75, 3.05) is 11.6 Å². The highest BCUT2D eigenvalue weighted by Gasteiger charge is 2.14. The summed E-state index contributed by atoms with van der Waals surface area (Å²) in [5.41, 5.74) is 4.29. The maximum Gasteiger partial charge on any atom is 0.273 e. The van der Waals surface area contributed by atoms with E-state index in [4.69, 9.17) is 23.2 Å². The Morgan fingerprint density at radius 1 is 0.933 bits per heavy atom. The summed E-state index contributed by atoms with van der Waals surface area (Å²) in [5.74, 6) is -0.858. The van der Waals surface area contributed by atoms with E-state index in [-0.39, 0.29) is 10.6 Å². The molecular weight excluding hydrogens is 441 g/mol. The number of nitrogens with zero attached hydrogens (tertiary/aromatic N) is 1. The second kappa shape index (κ2) is 10.3. The molecule has 8 heteroatoms. The van der Waals surface area contributed by atoms with Crippen LogP contribution in [0.25, 0.3) is 0 Å². The fourth-order valence-corrected chi connectivity index (χ4v) is 3.24. The number of hydrogen-bond acceptors (Lipinski definition) is 4. The van der Waals surface area contributed by atoms with Crippen LogP contribution in [0.3, 0.4) is 0 Å². The lowest BCUT2D eigenvalue weighted by atomic mass is 10.1. The summed E-state index contributed by atoms with van der Waals surface area (Å²) in [4.78, 5) is 26.2. The largest absolute Gasteiger partial charge is 0.321 e. The fraction of sp³-hybridized carbons (Fsp3) is 0.0455.